The van der Waals surface area contributed by atoms with Gasteiger partial charge in [-0.1, -0.05) is 0 Å². The van der Waals surface area contributed by atoms with Crippen LogP contribution in [0.4, 0.5) is 0 Å². The van der Waals surface area contributed by atoms with E-state index >= 15 is 0 Å². The van der Waals surface area contributed by atoms with Crippen LogP contribution in [0.3, 0.4) is 0 Å². The fourth-order valence-electron chi connectivity index (χ4n) is 0.950. The average Bonchev–Trinajstić information content (AvgIpc) is 2.14. The molecule has 0 amide bonds. The van der Waals surface area contributed by atoms with Crippen molar-refractivity contribution in [2.45, 2.75) is 13.8 Å². The third-order valence-electron chi connectivity index (χ3n) is 1.45. The molecule has 0 aliphatic rings. The number of aryl methyl sites for hydroxylation is 1. The molecule has 0 aliphatic heterocycles. The van der Waals surface area contributed by atoms with Gasteiger partial charge >= 0.3 is 6.01 Å². The Bertz CT molecular complexity index is 291. The summed E-state index contributed by atoms with van der Waals surface area (Å²) in [6.45, 7) is 5.19. The Labute approximate surface area is 83.3 Å². The molecule has 5 heteroatoms. The second-order valence-electron chi connectivity index (χ2n) is 2.70. The van der Waals surface area contributed by atoms with E-state index in [-0.39, 0.29) is 0 Å². The van der Waals surface area contributed by atoms with Crippen molar-refractivity contribution >= 4 is 0 Å². The maximum Gasteiger partial charge on any atom is 0.319 e. The van der Waals surface area contributed by atoms with Crippen molar-refractivity contribution < 1.29 is 9.47 Å². The summed E-state index contributed by atoms with van der Waals surface area (Å²) < 4.78 is 10.4. The molecule has 1 aromatic rings. The van der Waals surface area contributed by atoms with E-state index in [1.807, 2.05) is 13.8 Å². The Morgan fingerprint density at radius 2 is 2.14 bits per heavy atom. The lowest BCUT2D eigenvalue weighted by Gasteiger charge is -2.06. The number of nitrogens with two attached hydrogens (primary N) is 1. The molecule has 0 unspecified atom stereocenters. The summed E-state index contributed by atoms with van der Waals surface area (Å²) in [5, 5.41) is 0. The van der Waals surface area contributed by atoms with Crippen molar-refractivity contribution in [1.29, 1.82) is 0 Å². The van der Waals surface area contributed by atoms with Gasteiger partial charge in [-0.2, -0.15) is 4.98 Å². The van der Waals surface area contributed by atoms with Crippen LogP contribution in [-0.2, 0) is 0 Å². The van der Waals surface area contributed by atoms with Crippen molar-refractivity contribution in [3.05, 3.63) is 11.8 Å². The lowest BCUT2D eigenvalue weighted by atomic mass is 10.4. The molecule has 14 heavy (non-hydrogen) atoms. The molecule has 0 saturated heterocycles. The Morgan fingerprint density at radius 3 is 2.79 bits per heavy atom. The Kier molecular flexibility index (Phi) is 4.12. The highest BCUT2D eigenvalue weighted by Gasteiger charge is 2.02. The van der Waals surface area contributed by atoms with Crippen LogP contribution in [0.5, 0.6) is 11.9 Å². The molecule has 5 nitrogen and oxygen atoms in total. The van der Waals surface area contributed by atoms with Gasteiger partial charge in [0.2, 0.25) is 5.88 Å². The van der Waals surface area contributed by atoms with Gasteiger partial charge in [-0.15, -0.1) is 0 Å². The molecule has 0 fully saturated rings. The van der Waals surface area contributed by atoms with E-state index in [4.69, 9.17) is 15.2 Å². The predicted octanol–water partition coefficient (Wildman–Crippen LogP) is 0.521. The minimum atomic E-state index is 0.318. The van der Waals surface area contributed by atoms with E-state index in [1.165, 1.54) is 0 Å². The molecule has 1 rings (SSSR count). The number of hydrogen-bond acceptors (Lipinski definition) is 5. The van der Waals surface area contributed by atoms with Gasteiger partial charge in [-0.3, -0.25) is 0 Å². The number of hydrogen-bond donors (Lipinski definition) is 1. The molecular weight excluding hydrogens is 182 g/mol. The Hall–Kier alpha value is -1.36. The number of nitrogens with zero attached hydrogens (tertiary/aromatic N) is 2. The van der Waals surface area contributed by atoms with Crippen molar-refractivity contribution in [1.82, 2.24) is 9.97 Å². The van der Waals surface area contributed by atoms with Gasteiger partial charge in [-0.25, -0.2) is 4.98 Å². The topological polar surface area (TPSA) is 70.3 Å². The van der Waals surface area contributed by atoms with E-state index in [0.717, 1.165) is 5.69 Å². The normalized spacial score (nSPS) is 9.93. The summed E-state index contributed by atoms with van der Waals surface area (Å²) in [7, 11) is 0. The van der Waals surface area contributed by atoms with Crippen molar-refractivity contribution in [2.24, 2.45) is 5.73 Å². The zero-order chi connectivity index (χ0) is 10.4. The number of ether oxygens (including phenoxy) is 2. The predicted molar refractivity (Wildman–Crippen MR) is 52.5 cm³/mol. The van der Waals surface area contributed by atoms with Gasteiger partial charge in [-0.05, 0) is 13.8 Å². The Morgan fingerprint density at radius 1 is 1.36 bits per heavy atom. The molecular formula is C9H15N3O2. The van der Waals surface area contributed by atoms with Crippen LogP contribution in [0.2, 0.25) is 0 Å². The first-order chi connectivity index (χ1) is 6.76. The number of aromatic nitrogens is 2. The molecule has 1 heterocycles. The highest BCUT2D eigenvalue weighted by Crippen LogP contribution is 2.13. The van der Waals surface area contributed by atoms with E-state index in [0.29, 0.717) is 31.6 Å². The van der Waals surface area contributed by atoms with Gasteiger partial charge in [0.05, 0.1) is 6.61 Å². The first-order valence-electron chi connectivity index (χ1n) is 4.57. The molecule has 0 spiro atoms. The summed E-state index contributed by atoms with van der Waals surface area (Å²) in [5.41, 5.74) is 6.11. The van der Waals surface area contributed by atoms with Crippen LogP contribution in [0.1, 0.15) is 12.6 Å². The van der Waals surface area contributed by atoms with Gasteiger partial charge < -0.3 is 15.2 Å². The molecule has 0 aliphatic carbocycles. The zero-order valence-corrected chi connectivity index (χ0v) is 8.49. The molecule has 2 N–H and O–H groups in total. The van der Waals surface area contributed by atoms with E-state index in [2.05, 4.69) is 9.97 Å². The lowest BCUT2D eigenvalue weighted by molar-refractivity contribution is 0.282. The molecule has 0 radical (unpaired) electrons. The maximum atomic E-state index is 5.30. The maximum absolute atomic E-state index is 5.30. The van der Waals surface area contributed by atoms with E-state index < -0.39 is 0 Å². The number of rotatable bonds is 5. The van der Waals surface area contributed by atoms with E-state index in [1.54, 1.807) is 6.07 Å². The monoisotopic (exact) mass is 197 g/mol. The quantitative estimate of drug-likeness (QED) is 0.745. The van der Waals surface area contributed by atoms with Crippen LogP contribution >= 0.6 is 0 Å². The van der Waals surface area contributed by atoms with Crippen LogP contribution < -0.4 is 15.2 Å². The van der Waals surface area contributed by atoms with Crippen LogP contribution in [0.25, 0.3) is 0 Å². The lowest BCUT2D eigenvalue weighted by Crippen LogP contribution is -2.12. The van der Waals surface area contributed by atoms with Crippen LogP contribution in [0.15, 0.2) is 6.07 Å². The van der Waals surface area contributed by atoms with Gasteiger partial charge in [0.25, 0.3) is 0 Å². The fraction of sp³-hybridized carbons (Fsp3) is 0.556. The van der Waals surface area contributed by atoms with Crippen LogP contribution in [-0.4, -0.2) is 29.7 Å². The van der Waals surface area contributed by atoms with Crippen molar-refractivity contribution in [3.8, 4) is 11.9 Å². The fourth-order valence-corrected chi connectivity index (χ4v) is 0.950. The summed E-state index contributed by atoms with van der Waals surface area (Å²) in [6, 6.07) is 2.08. The summed E-state index contributed by atoms with van der Waals surface area (Å²) in [4.78, 5) is 8.13. The smallest absolute Gasteiger partial charge is 0.319 e. The van der Waals surface area contributed by atoms with Crippen LogP contribution in [0, 0.1) is 6.92 Å². The molecule has 0 saturated carbocycles. The molecule has 0 bridgehead atoms. The second kappa shape index (κ2) is 5.39. The molecule has 0 atom stereocenters. The van der Waals surface area contributed by atoms with Crippen molar-refractivity contribution in [2.75, 3.05) is 19.8 Å². The molecule has 1 aromatic heterocycles. The zero-order valence-electron chi connectivity index (χ0n) is 8.49. The summed E-state index contributed by atoms with van der Waals surface area (Å²) in [6.07, 6.45) is 0. The third-order valence-corrected chi connectivity index (χ3v) is 1.45. The third kappa shape index (κ3) is 3.18. The minimum Gasteiger partial charge on any atom is -0.478 e. The first-order valence-corrected chi connectivity index (χ1v) is 4.57. The minimum absolute atomic E-state index is 0.318. The highest BCUT2D eigenvalue weighted by molar-refractivity contribution is 5.17. The highest BCUT2D eigenvalue weighted by atomic mass is 16.5. The van der Waals surface area contributed by atoms with E-state index in [9.17, 15) is 0 Å². The summed E-state index contributed by atoms with van der Waals surface area (Å²) >= 11 is 0. The first kappa shape index (κ1) is 10.7. The van der Waals surface area contributed by atoms with Crippen molar-refractivity contribution in [3.63, 3.8) is 0 Å². The SMILES string of the molecule is CCOc1cc(C)nc(OCCN)n1. The van der Waals surface area contributed by atoms with Gasteiger partial charge in [0.1, 0.15) is 6.61 Å². The average molecular weight is 197 g/mol. The Balaban J connectivity index is 2.73. The van der Waals surface area contributed by atoms with Gasteiger partial charge in [0.15, 0.2) is 0 Å². The summed E-state index contributed by atoms with van der Waals surface area (Å²) in [5.74, 6) is 0.534. The largest absolute Gasteiger partial charge is 0.478 e. The molecule has 78 valence electrons. The van der Waals surface area contributed by atoms with Gasteiger partial charge in [0, 0.05) is 18.3 Å². The molecule has 0 aromatic carbocycles. The standard InChI is InChI=1S/C9H15N3O2/c1-3-13-8-6-7(2)11-9(12-8)14-5-4-10/h6H,3-5,10H2,1-2H3. The second-order valence-corrected chi connectivity index (χ2v) is 2.70.